The molecule has 130 valence electrons. The van der Waals surface area contributed by atoms with E-state index in [9.17, 15) is 18.0 Å². The van der Waals surface area contributed by atoms with E-state index < -0.39 is 12.1 Å². The lowest BCUT2D eigenvalue weighted by Crippen LogP contribution is -2.30. The van der Waals surface area contributed by atoms with Crippen LogP contribution >= 0.6 is 0 Å². The van der Waals surface area contributed by atoms with Gasteiger partial charge in [0.15, 0.2) is 0 Å². The third-order valence-corrected chi connectivity index (χ3v) is 3.28. The van der Waals surface area contributed by atoms with E-state index in [-0.39, 0.29) is 24.1 Å². The maximum atomic E-state index is 12.4. The van der Waals surface area contributed by atoms with Crippen molar-refractivity contribution in [3.63, 3.8) is 0 Å². The first-order valence-electron chi connectivity index (χ1n) is 7.67. The van der Waals surface area contributed by atoms with Gasteiger partial charge in [-0.3, -0.25) is 4.79 Å². The van der Waals surface area contributed by atoms with E-state index in [4.69, 9.17) is 10.5 Å². The maximum absolute atomic E-state index is 12.4. The highest BCUT2D eigenvalue weighted by molar-refractivity contribution is 5.96. The number of halogens is 3. The molecule has 1 aromatic rings. The molecule has 4 nitrogen and oxygen atoms in total. The Morgan fingerprint density at radius 3 is 2.61 bits per heavy atom. The predicted molar refractivity (Wildman–Crippen MR) is 83.5 cm³/mol. The van der Waals surface area contributed by atoms with E-state index >= 15 is 0 Å². The third-order valence-electron chi connectivity index (χ3n) is 3.28. The average Bonchev–Trinajstić information content (AvgIpc) is 2.47. The summed E-state index contributed by atoms with van der Waals surface area (Å²) < 4.78 is 42.4. The van der Waals surface area contributed by atoms with Crippen LogP contribution < -0.4 is 15.8 Å². The predicted octanol–water partition coefficient (Wildman–Crippen LogP) is 3.65. The van der Waals surface area contributed by atoms with Gasteiger partial charge in [0.05, 0.1) is 12.3 Å². The first kappa shape index (κ1) is 19.3. The second-order valence-electron chi connectivity index (χ2n) is 5.32. The number of ether oxygens (including phenoxy) is 1. The zero-order chi connectivity index (χ0) is 17.5. The molecule has 0 bridgehead atoms. The molecular weight excluding hydrogens is 309 g/mol. The van der Waals surface area contributed by atoms with Crippen molar-refractivity contribution in [2.45, 2.75) is 51.7 Å². The largest absolute Gasteiger partial charge is 0.492 e. The molecule has 0 heterocycles. The second kappa shape index (κ2) is 8.76. The summed E-state index contributed by atoms with van der Waals surface area (Å²) in [5, 5.41) is 1.83. The number of rotatable bonds is 8. The Balaban J connectivity index is 2.87. The number of hydrogen-bond acceptors (Lipinski definition) is 3. The Morgan fingerprint density at radius 2 is 2.04 bits per heavy atom. The Morgan fingerprint density at radius 1 is 1.35 bits per heavy atom. The van der Waals surface area contributed by atoms with Crippen LogP contribution in [-0.2, 0) is 11.2 Å². The van der Waals surface area contributed by atoms with Crippen LogP contribution in [0.15, 0.2) is 18.2 Å². The molecule has 0 fully saturated rings. The third kappa shape index (κ3) is 6.48. The summed E-state index contributed by atoms with van der Waals surface area (Å²) in [7, 11) is 0. The van der Waals surface area contributed by atoms with Gasteiger partial charge in [-0.2, -0.15) is 13.2 Å². The normalized spacial score (nSPS) is 12.8. The lowest BCUT2D eigenvalue weighted by Gasteiger charge is -2.16. The number of unbranched alkanes of at least 4 members (excludes halogenated alkanes) is 1. The molecule has 0 spiro atoms. The number of carbonyl (C=O) groups is 1. The van der Waals surface area contributed by atoms with Gasteiger partial charge in [0.2, 0.25) is 0 Å². The maximum Gasteiger partial charge on any atom is 0.471 e. The molecule has 0 radical (unpaired) electrons. The summed E-state index contributed by atoms with van der Waals surface area (Å²) in [5.74, 6) is -1.81. The fraction of sp³-hybridized carbons (Fsp3) is 0.562. The highest BCUT2D eigenvalue weighted by atomic mass is 19.4. The summed E-state index contributed by atoms with van der Waals surface area (Å²) in [6.45, 7) is 4.08. The molecule has 0 aliphatic rings. The van der Waals surface area contributed by atoms with Crippen LogP contribution in [0, 0.1) is 0 Å². The molecule has 1 rings (SSSR count). The van der Waals surface area contributed by atoms with Crippen molar-refractivity contribution in [2.24, 2.45) is 5.73 Å². The summed E-state index contributed by atoms with van der Waals surface area (Å²) >= 11 is 0. The molecular formula is C16H23F3N2O2. The van der Waals surface area contributed by atoms with Crippen molar-refractivity contribution in [3.8, 4) is 5.75 Å². The summed E-state index contributed by atoms with van der Waals surface area (Å²) in [5.41, 5.74) is 6.90. The highest BCUT2D eigenvalue weighted by Crippen LogP contribution is 2.28. The molecule has 7 heteroatoms. The van der Waals surface area contributed by atoms with Crippen LogP contribution in [0.2, 0.25) is 0 Å². The molecule has 1 aromatic carbocycles. The minimum atomic E-state index is -4.94. The number of anilines is 1. The molecule has 0 aliphatic heterocycles. The standard InChI is InChI=1S/C16H23F3N2O2/c1-3-5-6-12(20)9-11-7-8-13(14(10-11)23-4-2)21-15(22)16(17,18)19/h7-8,10,12H,3-6,9,20H2,1-2H3,(H,21,22). The van der Waals surface area contributed by atoms with Gasteiger partial charge in [0, 0.05) is 6.04 Å². The van der Waals surface area contributed by atoms with Crippen molar-refractivity contribution in [1.29, 1.82) is 0 Å². The number of benzene rings is 1. The summed E-state index contributed by atoms with van der Waals surface area (Å²) in [6, 6.07) is 4.68. The molecule has 1 unspecified atom stereocenters. The molecule has 23 heavy (non-hydrogen) atoms. The van der Waals surface area contributed by atoms with Gasteiger partial charge in [-0.15, -0.1) is 0 Å². The summed E-state index contributed by atoms with van der Waals surface area (Å²) in [6.07, 6.45) is -1.37. The number of alkyl halides is 3. The van der Waals surface area contributed by atoms with E-state index in [1.54, 1.807) is 19.1 Å². The number of hydrogen-bond donors (Lipinski definition) is 2. The molecule has 3 N–H and O–H groups in total. The Labute approximate surface area is 134 Å². The fourth-order valence-electron chi connectivity index (χ4n) is 2.14. The molecule has 1 amide bonds. The van der Waals surface area contributed by atoms with Gasteiger partial charge in [0.1, 0.15) is 5.75 Å². The van der Waals surface area contributed by atoms with Crippen LogP contribution in [0.5, 0.6) is 5.75 Å². The first-order chi connectivity index (χ1) is 10.8. The van der Waals surface area contributed by atoms with Crippen molar-refractivity contribution in [3.05, 3.63) is 23.8 Å². The second-order valence-corrected chi connectivity index (χ2v) is 5.32. The van der Waals surface area contributed by atoms with E-state index in [2.05, 4.69) is 6.92 Å². The van der Waals surface area contributed by atoms with Crippen LogP contribution in [0.25, 0.3) is 0 Å². The minimum absolute atomic E-state index is 0.0000506. The molecule has 0 saturated carbocycles. The van der Waals surface area contributed by atoms with Crippen molar-refractivity contribution >= 4 is 11.6 Å². The van der Waals surface area contributed by atoms with Crippen LogP contribution in [0.3, 0.4) is 0 Å². The topological polar surface area (TPSA) is 64.3 Å². The van der Waals surface area contributed by atoms with Gasteiger partial charge in [-0.05, 0) is 37.5 Å². The number of carbonyl (C=O) groups excluding carboxylic acids is 1. The van der Waals surface area contributed by atoms with E-state index in [1.807, 2.05) is 5.32 Å². The number of amides is 1. The monoisotopic (exact) mass is 332 g/mol. The van der Waals surface area contributed by atoms with Crippen LogP contribution in [-0.4, -0.2) is 24.7 Å². The number of nitrogens with two attached hydrogens (primary N) is 1. The summed E-state index contributed by atoms with van der Waals surface area (Å²) in [4.78, 5) is 11.1. The van der Waals surface area contributed by atoms with Gasteiger partial charge in [0.25, 0.3) is 0 Å². The quantitative estimate of drug-likeness (QED) is 0.764. The molecule has 0 saturated heterocycles. The highest BCUT2D eigenvalue weighted by Gasteiger charge is 2.39. The SMILES string of the molecule is CCCCC(N)Cc1ccc(NC(=O)C(F)(F)F)c(OCC)c1. The van der Waals surface area contributed by atoms with Gasteiger partial charge < -0.3 is 15.8 Å². The van der Waals surface area contributed by atoms with E-state index in [0.29, 0.717) is 6.42 Å². The Hall–Kier alpha value is -1.76. The Bertz CT molecular complexity index is 519. The van der Waals surface area contributed by atoms with Crippen molar-refractivity contribution in [2.75, 3.05) is 11.9 Å². The average molecular weight is 332 g/mol. The minimum Gasteiger partial charge on any atom is -0.492 e. The van der Waals surface area contributed by atoms with Crippen molar-refractivity contribution in [1.82, 2.24) is 0 Å². The van der Waals surface area contributed by atoms with E-state index in [0.717, 1.165) is 24.8 Å². The fourth-order valence-corrected chi connectivity index (χ4v) is 2.14. The van der Waals surface area contributed by atoms with Gasteiger partial charge in [-0.25, -0.2) is 0 Å². The lowest BCUT2D eigenvalue weighted by atomic mass is 10.0. The first-order valence-corrected chi connectivity index (χ1v) is 7.67. The zero-order valence-electron chi connectivity index (χ0n) is 13.4. The molecule has 1 atom stereocenters. The number of nitrogens with one attached hydrogen (secondary N) is 1. The van der Waals surface area contributed by atoms with Crippen LogP contribution in [0.4, 0.5) is 18.9 Å². The van der Waals surface area contributed by atoms with Gasteiger partial charge in [-0.1, -0.05) is 25.8 Å². The lowest BCUT2D eigenvalue weighted by molar-refractivity contribution is -0.167. The molecule has 0 aliphatic carbocycles. The molecule has 0 aromatic heterocycles. The van der Waals surface area contributed by atoms with Gasteiger partial charge >= 0.3 is 12.1 Å². The van der Waals surface area contributed by atoms with Crippen molar-refractivity contribution < 1.29 is 22.7 Å². The van der Waals surface area contributed by atoms with E-state index in [1.165, 1.54) is 6.07 Å². The van der Waals surface area contributed by atoms with Crippen LogP contribution in [0.1, 0.15) is 38.7 Å². The smallest absolute Gasteiger partial charge is 0.471 e. The zero-order valence-corrected chi connectivity index (χ0v) is 13.4. The Kier molecular flexibility index (Phi) is 7.35.